The summed E-state index contributed by atoms with van der Waals surface area (Å²) in [6.07, 6.45) is 0. The molecular formula is C9H12FNS. The molecule has 0 amide bonds. The van der Waals surface area contributed by atoms with Gasteiger partial charge in [0.05, 0.1) is 6.67 Å². The molecule has 0 saturated carbocycles. The second-order valence-electron chi connectivity index (χ2n) is 2.58. The third-order valence-corrected chi connectivity index (χ3v) is 2.54. The van der Waals surface area contributed by atoms with E-state index < -0.39 is 0 Å². The molecule has 1 rings (SSSR count). The van der Waals surface area contributed by atoms with E-state index in [2.05, 4.69) is 0 Å². The Morgan fingerprint density at radius 2 is 2.25 bits per heavy atom. The lowest BCUT2D eigenvalue weighted by atomic mass is 10.2. The molecule has 0 aliphatic carbocycles. The van der Waals surface area contributed by atoms with E-state index in [0.29, 0.717) is 5.75 Å². The van der Waals surface area contributed by atoms with Crippen molar-refractivity contribution in [1.82, 2.24) is 0 Å². The highest BCUT2D eigenvalue weighted by atomic mass is 32.2. The highest BCUT2D eigenvalue weighted by Gasteiger charge is 1.98. The molecule has 1 aromatic carbocycles. The minimum Gasteiger partial charge on any atom is -0.398 e. The molecule has 12 heavy (non-hydrogen) atoms. The summed E-state index contributed by atoms with van der Waals surface area (Å²) in [5.41, 5.74) is 7.60. The van der Waals surface area contributed by atoms with E-state index in [1.165, 1.54) is 11.8 Å². The van der Waals surface area contributed by atoms with Crippen LogP contribution in [0.2, 0.25) is 0 Å². The fourth-order valence-corrected chi connectivity index (χ4v) is 1.63. The van der Waals surface area contributed by atoms with E-state index in [9.17, 15) is 4.39 Å². The van der Waals surface area contributed by atoms with Gasteiger partial charge in [-0.2, -0.15) is 0 Å². The van der Waals surface area contributed by atoms with E-state index in [1.807, 2.05) is 25.1 Å². The first kappa shape index (κ1) is 9.39. The topological polar surface area (TPSA) is 26.0 Å². The molecule has 0 fully saturated rings. The van der Waals surface area contributed by atoms with Gasteiger partial charge in [0, 0.05) is 16.3 Å². The molecule has 0 aliphatic heterocycles. The summed E-state index contributed by atoms with van der Waals surface area (Å²) in [6, 6.07) is 5.82. The van der Waals surface area contributed by atoms with Gasteiger partial charge in [-0.05, 0) is 24.6 Å². The standard InChI is InChI=1S/C9H12FNS/c1-7-2-3-9(8(11)6-7)12-5-4-10/h2-3,6H,4-5,11H2,1H3. The Hall–Kier alpha value is -0.700. The average Bonchev–Trinajstić information content (AvgIpc) is 2.03. The summed E-state index contributed by atoms with van der Waals surface area (Å²) >= 11 is 1.46. The van der Waals surface area contributed by atoms with Crippen molar-refractivity contribution in [3.63, 3.8) is 0 Å². The van der Waals surface area contributed by atoms with Crippen LogP contribution in [-0.4, -0.2) is 12.4 Å². The van der Waals surface area contributed by atoms with Crippen LogP contribution in [0.3, 0.4) is 0 Å². The van der Waals surface area contributed by atoms with Gasteiger partial charge in [-0.15, -0.1) is 11.8 Å². The number of alkyl halides is 1. The molecule has 1 nitrogen and oxygen atoms in total. The predicted octanol–water partition coefficient (Wildman–Crippen LogP) is 2.64. The quantitative estimate of drug-likeness (QED) is 0.578. The summed E-state index contributed by atoms with van der Waals surface area (Å²) in [6.45, 7) is 1.68. The molecule has 0 saturated heterocycles. The monoisotopic (exact) mass is 185 g/mol. The number of halogens is 1. The van der Waals surface area contributed by atoms with Crippen molar-refractivity contribution in [1.29, 1.82) is 0 Å². The Kier molecular flexibility index (Phi) is 3.41. The number of nitrogens with two attached hydrogens (primary N) is 1. The van der Waals surface area contributed by atoms with Gasteiger partial charge < -0.3 is 5.73 Å². The molecule has 1 aromatic rings. The first-order chi connectivity index (χ1) is 5.74. The third-order valence-electron chi connectivity index (χ3n) is 1.50. The molecule has 3 heteroatoms. The van der Waals surface area contributed by atoms with Gasteiger partial charge in [-0.1, -0.05) is 6.07 Å². The number of rotatable bonds is 3. The molecule has 0 spiro atoms. The van der Waals surface area contributed by atoms with E-state index >= 15 is 0 Å². The Bertz CT molecular complexity index is 263. The van der Waals surface area contributed by atoms with Gasteiger partial charge in [0.2, 0.25) is 0 Å². The zero-order chi connectivity index (χ0) is 8.97. The van der Waals surface area contributed by atoms with Crippen LogP contribution in [-0.2, 0) is 0 Å². The van der Waals surface area contributed by atoms with Crippen LogP contribution in [0.4, 0.5) is 10.1 Å². The average molecular weight is 185 g/mol. The fourth-order valence-electron chi connectivity index (χ4n) is 0.948. The summed E-state index contributed by atoms with van der Waals surface area (Å²) < 4.78 is 11.8. The minimum absolute atomic E-state index is 0.308. The Morgan fingerprint density at radius 3 is 2.83 bits per heavy atom. The maximum Gasteiger partial charge on any atom is 0.0988 e. The number of nitrogen functional groups attached to an aromatic ring is 1. The molecule has 0 heterocycles. The van der Waals surface area contributed by atoms with Crippen molar-refractivity contribution in [2.24, 2.45) is 0 Å². The summed E-state index contributed by atoms with van der Waals surface area (Å²) in [4.78, 5) is 0.971. The highest BCUT2D eigenvalue weighted by Crippen LogP contribution is 2.25. The lowest BCUT2D eigenvalue weighted by molar-refractivity contribution is 0.533. The van der Waals surface area contributed by atoms with Gasteiger partial charge in [0.1, 0.15) is 0 Å². The highest BCUT2D eigenvalue weighted by molar-refractivity contribution is 7.99. The second kappa shape index (κ2) is 4.36. The summed E-state index contributed by atoms with van der Waals surface area (Å²) in [7, 11) is 0. The number of aryl methyl sites for hydroxylation is 1. The first-order valence-corrected chi connectivity index (χ1v) is 4.77. The molecule has 66 valence electrons. The molecule has 0 unspecified atom stereocenters. The van der Waals surface area contributed by atoms with E-state index in [0.717, 1.165) is 16.1 Å². The van der Waals surface area contributed by atoms with E-state index in [4.69, 9.17) is 5.73 Å². The van der Waals surface area contributed by atoms with Crippen LogP contribution in [0.15, 0.2) is 23.1 Å². The Labute approximate surface area is 76.2 Å². The van der Waals surface area contributed by atoms with Gasteiger partial charge in [-0.25, -0.2) is 0 Å². The lowest BCUT2D eigenvalue weighted by Gasteiger charge is -2.03. The molecule has 0 atom stereocenters. The van der Waals surface area contributed by atoms with Crippen molar-refractivity contribution >= 4 is 17.4 Å². The van der Waals surface area contributed by atoms with Gasteiger partial charge in [-0.3, -0.25) is 4.39 Å². The zero-order valence-electron chi connectivity index (χ0n) is 7.01. The van der Waals surface area contributed by atoms with E-state index in [-0.39, 0.29) is 6.67 Å². The number of benzene rings is 1. The third kappa shape index (κ3) is 2.41. The number of thioether (sulfide) groups is 1. The summed E-state index contributed by atoms with van der Waals surface area (Å²) in [5.74, 6) is 0.479. The van der Waals surface area contributed by atoms with Crippen molar-refractivity contribution in [3.05, 3.63) is 23.8 Å². The molecule has 0 aromatic heterocycles. The van der Waals surface area contributed by atoms with Crippen LogP contribution in [0.1, 0.15) is 5.56 Å². The van der Waals surface area contributed by atoms with Crippen LogP contribution in [0.25, 0.3) is 0 Å². The largest absolute Gasteiger partial charge is 0.398 e. The van der Waals surface area contributed by atoms with Gasteiger partial charge in [0.15, 0.2) is 0 Å². The Balaban J connectivity index is 2.72. The summed E-state index contributed by atoms with van der Waals surface area (Å²) in [5, 5.41) is 0. The first-order valence-electron chi connectivity index (χ1n) is 3.79. The molecule has 0 aliphatic rings. The maximum atomic E-state index is 11.8. The minimum atomic E-state index is -0.308. The fraction of sp³-hybridized carbons (Fsp3) is 0.333. The van der Waals surface area contributed by atoms with Crippen molar-refractivity contribution in [2.45, 2.75) is 11.8 Å². The molecule has 0 radical (unpaired) electrons. The number of hydrogen-bond acceptors (Lipinski definition) is 2. The number of hydrogen-bond donors (Lipinski definition) is 1. The van der Waals surface area contributed by atoms with Crippen molar-refractivity contribution in [2.75, 3.05) is 18.2 Å². The van der Waals surface area contributed by atoms with Gasteiger partial charge in [0.25, 0.3) is 0 Å². The van der Waals surface area contributed by atoms with Crippen LogP contribution in [0, 0.1) is 6.92 Å². The van der Waals surface area contributed by atoms with Gasteiger partial charge >= 0.3 is 0 Å². The number of anilines is 1. The maximum absolute atomic E-state index is 11.8. The molecule has 0 bridgehead atoms. The normalized spacial score (nSPS) is 10.2. The SMILES string of the molecule is Cc1ccc(SCCF)c(N)c1. The van der Waals surface area contributed by atoms with Crippen molar-refractivity contribution < 1.29 is 4.39 Å². The molecular weight excluding hydrogens is 173 g/mol. The van der Waals surface area contributed by atoms with Crippen LogP contribution >= 0.6 is 11.8 Å². The smallest absolute Gasteiger partial charge is 0.0988 e. The predicted molar refractivity (Wildman–Crippen MR) is 52.3 cm³/mol. The van der Waals surface area contributed by atoms with Crippen molar-refractivity contribution in [3.8, 4) is 0 Å². The van der Waals surface area contributed by atoms with Crippen LogP contribution in [0.5, 0.6) is 0 Å². The zero-order valence-corrected chi connectivity index (χ0v) is 7.83. The lowest BCUT2D eigenvalue weighted by Crippen LogP contribution is -1.90. The molecule has 2 N–H and O–H groups in total. The van der Waals surface area contributed by atoms with E-state index in [1.54, 1.807) is 0 Å². The van der Waals surface area contributed by atoms with Crippen LogP contribution < -0.4 is 5.73 Å². The Morgan fingerprint density at radius 1 is 1.50 bits per heavy atom. The second-order valence-corrected chi connectivity index (χ2v) is 3.72.